The van der Waals surface area contributed by atoms with Crippen molar-refractivity contribution >= 4 is 22.5 Å². The van der Waals surface area contributed by atoms with Crippen molar-refractivity contribution in [3.8, 4) is 6.07 Å². The van der Waals surface area contributed by atoms with Gasteiger partial charge in [0.05, 0.1) is 11.8 Å². The fraction of sp³-hybridized carbons (Fsp3) is 0.0909. The molecule has 0 spiro atoms. The Balaban J connectivity index is 2.49. The first-order valence-electron chi connectivity index (χ1n) is 4.25. The Labute approximate surface area is 86.6 Å². The van der Waals surface area contributed by atoms with Gasteiger partial charge in [-0.2, -0.15) is 5.26 Å². The molecule has 0 atom stereocenters. The number of pyridine rings is 1. The van der Waals surface area contributed by atoms with Gasteiger partial charge in [-0.05, 0) is 11.5 Å². The van der Waals surface area contributed by atoms with Crippen LogP contribution >= 0.6 is 11.8 Å². The minimum Gasteiger partial charge on any atom is -0.249 e. The van der Waals surface area contributed by atoms with Crippen LogP contribution in [0.15, 0.2) is 41.6 Å². The average molecular weight is 200 g/mol. The lowest BCUT2D eigenvalue weighted by molar-refractivity contribution is 1.18. The zero-order valence-corrected chi connectivity index (χ0v) is 8.29. The molecule has 0 aliphatic rings. The molecule has 0 saturated heterocycles. The first-order valence-corrected chi connectivity index (χ1v) is 5.24. The van der Waals surface area contributed by atoms with Crippen molar-refractivity contribution < 1.29 is 0 Å². The molecule has 1 aromatic carbocycles. The molecule has 0 aliphatic carbocycles. The smallest absolute Gasteiger partial charge is 0.105 e. The molecule has 0 aliphatic heterocycles. The van der Waals surface area contributed by atoms with Crippen LogP contribution in [0.3, 0.4) is 0 Å². The molecule has 0 unspecified atom stereocenters. The highest BCUT2D eigenvalue weighted by atomic mass is 32.2. The minimum atomic E-state index is 0.445. The molecule has 0 bridgehead atoms. The molecule has 14 heavy (non-hydrogen) atoms. The monoisotopic (exact) mass is 200 g/mol. The highest BCUT2D eigenvalue weighted by Crippen LogP contribution is 2.24. The first-order chi connectivity index (χ1) is 6.92. The second-order valence-electron chi connectivity index (χ2n) is 2.78. The third kappa shape index (κ3) is 1.70. The Kier molecular flexibility index (Phi) is 2.66. The van der Waals surface area contributed by atoms with E-state index in [0.717, 1.165) is 10.4 Å². The van der Waals surface area contributed by atoms with Gasteiger partial charge in [-0.25, -0.2) is 4.98 Å². The minimum absolute atomic E-state index is 0.445. The third-order valence-corrected chi connectivity index (χ3v) is 2.78. The number of hydrogen-bond acceptors (Lipinski definition) is 3. The highest BCUT2D eigenvalue weighted by Gasteiger charge is 2.00. The van der Waals surface area contributed by atoms with Gasteiger partial charge in [0.1, 0.15) is 5.03 Å². The zero-order chi connectivity index (χ0) is 9.80. The van der Waals surface area contributed by atoms with Gasteiger partial charge in [-0.15, -0.1) is 0 Å². The van der Waals surface area contributed by atoms with Crippen LogP contribution in [-0.4, -0.2) is 10.7 Å². The summed E-state index contributed by atoms with van der Waals surface area (Å²) in [5, 5.41) is 11.7. The molecule has 1 heterocycles. The van der Waals surface area contributed by atoms with Crippen LogP contribution in [0.5, 0.6) is 0 Å². The van der Waals surface area contributed by atoms with Gasteiger partial charge in [0, 0.05) is 11.6 Å². The quantitative estimate of drug-likeness (QED) is 0.699. The van der Waals surface area contributed by atoms with E-state index in [1.807, 2.05) is 30.3 Å². The number of aromatic nitrogens is 1. The molecule has 0 radical (unpaired) electrons. The lowest BCUT2D eigenvalue weighted by Gasteiger charge is -2.01. The van der Waals surface area contributed by atoms with Crippen molar-refractivity contribution in [3.63, 3.8) is 0 Å². The fourth-order valence-electron chi connectivity index (χ4n) is 1.31. The number of nitrogens with zero attached hydrogens (tertiary/aromatic N) is 2. The van der Waals surface area contributed by atoms with Crippen LogP contribution in [0.1, 0.15) is 0 Å². The van der Waals surface area contributed by atoms with E-state index in [4.69, 9.17) is 5.26 Å². The van der Waals surface area contributed by atoms with E-state index >= 15 is 0 Å². The molecule has 0 saturated carbocycles. The lowest BCUT2D eigenvalue weighted by Crippen LogP contribution is -1.83. The SMILES string of the molecule is N#CCSc1nccc2ccccc12. The molecule has 0 fully saturated rings. The molecular weight excluding hydrogens is 192 g/mol. The fourth-order valence-corrected chi connectivity index (χ4v) is 1.99. The molecule has 1 aromatic heterocycles. The van der Waals surface area contributed by atoms with Crippen LogP contribution < -0.4 is 0 Å². The molecule has 68 valence electrons. The Bertz CT molecular complexity index is 483. The highest BCUT2D eigenvalue weighted by molar-refractivity contribution is 7.99. The summed E-state index contributed by atoms with van der Waals surface area (Å²) in [6, 6.07) is 12.1. The summed E-state index contributed by atoms with van der Waals surface area (Å²) in [6.45, 7) is 0. The zero-order valence-electron chi connectivity index (χ0n) is 7.47. The summed E-state index contributed by atoms with van der Waals surface area (Å²) in [4.78, 5) is 4.26. The standard InChI is InChI=1S/C11H8N2S/c12-6-8-14-11-10-4-2-1-3-9(10)5-7-13-11/h1-5,7H,8H2. The van der Waals surface area contributed by atoms with E-state index in [1.165, 1.54) is 17.1 Å². The van der Waals surface area contributed by atoms with Crippen molar-refractivity contribution in [2.24, 2.45) is 0 Å². The maximum atomic E-state index is 8.50. The third-order valence-electron chi connectivity index (χ3n) is 1.91. The van der Waals surface area contributed by atoms with Gasteiger partial charge < -0.3 is 0 Å². The van der Waals surface area contributed by atoms with Gasteiger partial charge in [0.25, 0.3) is 0 Å². The second-order valence-corrected chi connectivity index (χ2v) is 3.75. The summed E-state index contributed by atoms with van der Waals surface area (Å²) in [7, 11) is 0. The molecule has 2 nitrogen and oxygen atoms in total. The summed E-state index contributed by atoms with van der Waals surface area (Å²) in [5.74, 6) is 0.445. The predicted octanol–water partition coefficient (Wildman–Crippen LogP) is 2.85. The predicted molar refractivity (Wildman–Crippen MR) is 58.1 cm³/mol. The molecule has 2 aromatic rings. The van der Waals surface area contributed by atoms with E-state index in [2.05, 4.69) is 11.1 Å². The largest absolute Gasteiger partial charge is 0.249 e. The van der Waals surface area contributed by atoms with Gasteiger partial charge in [-0.3, -0.25) is 0 Å². The van der Waals surface area contributed by atoms with Crippen molar-refractivity contribution in [2.45, 2.75) is 5.03 Å². The number of thioether (sulfide) groups is 1. The van der Waals surface area contributed by atoms with Crippen LogP contribution in [0, 0.1) is 11.3 Å². The van der Waals surface area contributed by atoms with E-state index in [-0.39, 0.29) is 0 Å². The van der Waals surface area contributed by atoms with Crippen LogP contribution in [-0.2, 0) is 0 Å². The van der Waals surface area contributed by atoms with Gasteiger partial charge in [0.2, 0.25) is 0 Å². The average Bonchev–Trinajstić information content (AvgIpc) is 2.26. The summed E-state index contributed by atoms with van der Waals surface area (Å²) in [5.41, 5.74) is 0. The number of nitriles is 1. The Morgan fingerprint density at radius 1 is 1.29 bits per heavy atom. The number of rotatable bonds is 2. The van der Waals surface area contributed by atoms with Crippen molar-refractivity contribution in [2.75, 3.05) is 5.75 Å². The molecule has 2 rings (SSSR count). The topological polar surface area (TPSA) is 36.7 Å². The summed E-state index contributed by atoms with van der Waals surface area (Å²) >= 11 is 1.48. The van der Waals surface area contributed by atoms with E-state index in [0.29, 0.717) is 5.75 Å². The van der Waals surface area contributed by atoms with Crippen LogP contribution in [0.25, 0.3) is 10.8 Å². The Morgan fingerprint density at radius 3 is 3.00 bits per heavy atom. The van der Waals surface area contributed by atoms with Crippen molar-refractivity contribution in [1.82, 2.24) is 4.98 Å². The Morgan fingerprint density at radius 2 is 2.14 bits per heavy atom. The van der Waals surface area contributed by atoms with E-state index < -0.39 is 0 Å². The number of benzene rings is 1. The molecule has 0 amide bonds. The van der Waals surface area contributed by atoms with Gasteiger partial charge in [0.15, 0.2) is 0 Å². The maximum Gasteiger partial charge on any atom is 0.105 e. The van der Waals surface area contributed by atoms with Gasteiger partial charge in [-0.1, -0.05) is 36.0 Å². The lowest BCUT2D eigenvalue weighted by atomic mass is 10.2. The second kappa shape index (κ2) is 4.12. The Hall–Kier alpha value is -1.53. The number of hydrogen-bond donors (Lipinski definition) is 0. The normalized spacial score (nSPS) is 9.93. The van der Waals surface area contributed by atoms with Crippen LogP contribution in [0.2, 0.25) is 0 Å². The van der Waals surface area contributed by atoms with E-state index in [1.54, 1.807) is 6.20 Å². The van der Waals surface area contributed by atoms with Crippen molar-refractivity contribution in [1.29, 1.82) is 5.26 Å². The summed E-state index contributed by atoms with van der Waals surface area (Å²) < 4.78 is 0. The van der Waals surface area contributed by atoms with Crippen LogP contribution in [0.4, 0.5) is 0 Å². The van der Waals surface area contributed by atoms with Crippen molar-refractivity contribution in [3.05, 3.63) is 36.5 Å². The molecule has 3 heteroatoms. The number of fused-ring (bicyclic) bond motifs is 1. The summed E-state index contributed by atoms with van der Waals surface area (Å²) in [6.07, 6.45) is 1.78. The first kappa shape index (κ1) is 9.04. The van der Waals surface area contributed by atoms with Gasteiger partial charge >= 0.3 is 0 Å². The molecule has 0 N–H and O–H groups in total. The molecular formula is C11H8N2S. The van der Waals surface area contributed by atoms with E-state index in [9.17, 15) is 0 Å². The maximum absolute atomic E-state index is 8.50.